The molecule has 15 heavy (non-hydrogen) atoms. The smallest absolute Gasteiger partial charge is 0.233 e. The molecule has 1 aromatic heterocycles. The highest BCUT2D eigenvalue weighted by Crippen LogP contribution is 2.07. The predicted molar refractivity (Wildman–Crippen MR) is 58.5 cm³/mol. The van der Waals surface area contributed by atoms with Crippen LogP contribution >= 0.6 is 0 Å². The second kappa shape index (κ2) is 6.24. The Morgan fingerprint density at radius 3 is 2.67 bits per heavy atom. The van der Waals surface area contributed by atoms with E-state index in [0.717, 1.165) is 17.9 Å². The molecular formula is C11H18N2O2. The minimum Gasteiger partial charge on any atom is -0.465 e. The molecule has 0 bridgehead atoms. The van der Waals surface area contributed by atoms with Crippen LogP contribution in [0.4, 0.5) is 0 Å². The molecule has 0 fully saturated rings. The Bertz CT molecular complexity index is 307. The van der Waals surface area contributed by atoms with E-state index < -0.39 is 0 Å². The van der Waals surface area contributed by atoms with E-state index in [1.807, 2.05) is 26.0 Å². The molecule has 84 valence electrons. The molecule has 1 aromatic rings. The maximum absolute atomic E-state index is 11.1. The van der Waals surface area contributed by atoms with Crippen LogP contribution in [0.2, 0.25) is 0 Å². The molecule has 2 N–H and O–H groups in total. The molecular weight excluding hydrogens is 192 g/mol. The fraction of sp³-hybridized carbons (Fsp3) is 0.545. The van der Waals surface area contributed by atoms with Crippen molar-refractivity contribution in [3.8, 4) is 0 Å². The summed E-state index contributed by atoms with van der Waals surface area (Å²) in [5.41, 5.74) is 0. The highest BCUT2D eigenvalue weighted by Gasteiger charge is 2.01. The van der Waals surface area contributed by atoms with E-state index in [1.165, 1.54) is 0 Å². The van der Waals surface area contributed by atoms with E-state index in [2.05, 4.69) is 10.6 Å². The third-order valence-corrected chi connectivity index (χ3v) is 2.02. The summed E-state index contributed by atoms with van der Waals surface area (Å²) >= 11 is 0. The molecule has 0 spiro atoms. The van der Waals surface area contributed by atoms with Crippen LogP contribution in [0.15, 0.2) is 16.5 Å². The fourth-order valence-corrected chi connectivity index (χ4v) is 1.27. The average molecular weight is 210 g/mol. The Labute approximate surface area is 90.0 Å². The Balaban J connectivity index is 2.22. The molecule has 0 unspecified atom stereocenters. The van der Waals surface area contributed by atoms with Gasteiger partial charge in [0.25, 0.3) is 0 Å². The molecule has 1 amide bonds. The van der Waals surface area contributed by atoms with Crippen LogP contribution in [0.5, 0.6) is 0 Å². The van der Waals surface area contributed by atoms with Crippen LogP contribution in [-0.2, 0) is 17.8 Å². The molecule has 0 saturated heterocycles. The van der Waals surface area contributed by atoms with Crippen LogP contribution < -0.4 is 10.6 Å². The average Bonchev–Trinajstić information content (AvgIpc) is 2.66. The lowest BCUT2D eigenvalue weighted by Crippen LogP contribution is -2.33. The van der Waals surface area contributed by atoms with Crippen molar-refractivity contribution >= 4 is 5.91 Å². The number of carbonyl (C=O) groups excluding carboxylic acids is 1. The maximum atomic E-state index is 11.1. The first-order valence-electron chi connectivity index (χ1n) is 5.31. The van der Waals surface area contributed by atoms with Gasteiger partial charge in [-0.25, -0.2) is 0 Å². The normalized spacial score (nSPS) is 10.3. The third kappa shape index (κ3) is 4.16. The second-order valence-electron chi connectivity index (χ2n) is 3.28. The van der Waals surface area contributed by atoms with Crippen molar-refractivity contribution in [1.82, 2.24) is 10.6 Å². The minimum atomic E-state index is 0.0137. The van der Waals surface area contributed by atoms with Crippen molar-refractivity contribution < 1.29 is 9.21 Å². The highest BCUT2D eigenvalue weighted by molar-refractivity contribution is 5.77. The van der Waals surface area contributed by atoms with Gasteiger partial charge in [-0.05, 0) is 19.1 Å². The van der Waals surface area contributed by atoms with Gasteiger partial charge in [0.1, 0.15) is 11.5 Å². The number of carbonyl (C=O) groups is 1. The standard InChI is InChI=1S/C11H18N2O2/c1-3-9-5-6-10(15-9)7-12-8-11(14)13-4-2/h5-6,12H,3-4,7-8H2,1-2H3,(H,13,14). The van der Waals surface area contributed by atoms with Gasteiger partial charge >= 0.3 is 0 Å². The summed E-state index contributed by atoms with van der Waals surface area (Å²) in [7, 11) is 0. The van der Waals surface area contributed by atoms with Gasteiger partial charge in [0, 0.05) is 13.0 Å². The minimum absolute atomic E-state index is 0.0137. The number of hydrogen-bond donors (Lipinski definition) is 2. The van der Waals surface area contributed by atoms with Crippen molar-refractivity contribution in [3.05, 3.63) is 23.7 Å². The monoisotopic (exact) mass is 210 g/mol. The summed E-state index contributed by atoms with van der Waals surface area (Å²) < 4.78 is 5.48. The quantitative estimate of drug-likeness (QED) is 0.738. The molecule has 0 atom stereocenters. The van der Waals surface area contributed by atoms with Crippen LogP contribution in [0.3, 0.4) is 0 Å². The summed E-state index contributed by atoms with van der Waals surface area (Å²) in [5.74, 6) is 1.86. The number of amides is 1. The van der Waals surface area contributed by atoms with Crippen LogP contribution in [0.1, 0.15) is 25.4 Å². The SMILES string of the molecule is CCNC(=O)CNCc1ccc(CC)o1. The Hall–Kier alpha value is -1.29. The van der Waals surface area contributed by atoms with E-state index in [4.69, 9.17) is 4.42 Å². The highest BCUT2D eigenvalue weighted by atomic mass is 16.3. The van der Waals surface area contributed by atoms with Crippen molar-refractivity contribution in [2.24, 2.45) is 0 Å². The number of nitrogens with one attached hydrogen (secondary N) is 2. The first kappa shape index (κ1) is 11.8. The van der Waals surface area contributed by atoms with Gasteiger partial charge in [-0.3, -0.25) is 4.79 Å². The van der Waals surface area contributed by atoms with Crippen LogP contribution in [0.25, 0.3) is 0 Å². The number of aryl methyl sites for hydroxylation is 1. The molecule has 0 saturated carbocycles. The van der Waals surface area contributed by atoms with Crippen molar-refractivity contribution in [3.63, 3.8) is 0 Å². The number of hydrogen-bond acceptors (Lipinski definition) is 3. The molecule has 0 aliphatic heterocycles. The third-order valence-electron chi connectivity index (χ3n) is 2.02. The van der Waals surface area contributed by atoms with Gasteiger partial charge in [-0.15, -0.1) is 0 Å². The van der Waals surface area contributed by atoms with E-state index in [0.29, 0.717) is 19.6 Å². The molecule has 4 heteroatoms. The predicted octanol–water partition coefficient (Wildman–Crippen LogP) is 1.07. The lowest BCUT2D eigenvalue weighted by molar-refractivity contribution is -0.120. The fourth-order valence-electron chi connectivity index (χ4n) is 1.27. The number of likely N-dealkylation sites (N-methyl/N-ethyl adjacent to an activating group) is 1. The first-order valence-corrected chi connectivity index (χ1v) is 5.31. The van der Waals surface area contributed by atoms with E-state index >= 15 is 0 Å². The molecule has 0 aromatic carbocycles. The first-order chi connectivity index (χ1) is 7.26. The lowest BCUT2D eigenvalue weighted by atomic mass is 10.3. The van der Waals surface area contributed by atoms with Crippen LogP contribution in [0, 0.1) is 0 Å². The summed E-state index contributed by atoms with van der Waals surface area (Å²) in [5, 5.41) is 5.73. The molecule has 1 heterocycles. The summed E-state index contributed by atoms with van der Waals surface area (Å²) in [6, 6.07) is 3.90. The Kier molecular flexibility index (Phi) is 4.90. The Morgan fingerprint density at radius 1 is 1.33 bits per heavy atom. The zero-order chi connectivity index (χ0) is 11.1. The number of furan rings is 1. The molecule has 0 aliphatic rings. The lowest BCUT2D eigenvalue weighted by Gasteiger charge is -2.02. The zero-order valence-electron chi connectivity index (χ0n) is 9.30. The largest absolute Gasteiger partial charge is 0.465 e. The molecule has 0 radical (unpaired) electrons. The van der Waals surface area contributed by atoms with E-state index in [1.54, 1.807) is 0 Å². The van der Waals surface area contributed by atoms with Crippen LogP contribution in [-0.4, -0.2) is 19.0 Å². The molecule has 0 aliphatic carbocycles. The van der Waals surface area contributed by atoms with Gasteiger partial charge in [0.05, 0.1) is 13.1 Å². The summed E-state index contributed by atoms with van der Waals surface area (Å²) in [4.78, 5) is 11.1. The van der Waals surface area contributed by atoms with Crippen molar-refractivity contribution in [2.45, 2.75) is 26.8 Å². The summed E-state index contributed by atoms with van der Waals surface area (Å²) in [6.45, 7) is 5.54. The van der Waals surface area contributed by atoms with Gasteiger partial charge in [0.15, 0.2) is 0 Å². The van der Waals surface area contributed by atoms with Gasteiger partial charge in [-0.1, -0.05) is 6.92 Å². The van der Waals surface area contributed by atoms with Crippen molar-refractivity contribution in [1.29, 1.82) is 0 Å². The summed E-state index contributed by atoms with van der Waals surface area (Å²) in [6.07, 6.45) is 0.899. The Morgan fingerprint density at radius 2 is 2.07 bits per heavy atom. The second-order valence-corrected chi connectivity index (χ2v) is 3.28. The van der Waals surface area contributed by atoms with Gasteiger partial charge in [-0.2, -0.15) is 0 Å². The zero-order valence-corrected chi connectivity index (χ0v) is 9.30. The number of rotatable bonds is 6. The van der Waals surface area contributed by atoms with Gasteiger partial charge in [0.2, 0.25) is 5.91 Å². The van der Waals surface area contributed by atoms with Gasteiger partial charge < -0.3 is 15.1 Å². The maximum Gasteiger partial charge on any atom is 0.233 e. The van der Waals surface area contributed by atoms with E-state index in [9.17, 15) is 4.79 Å². The van der Waals surface area contributed by atoms with E-state index in [-0.39, 0.29) is 5.91 Å². The molecule has 4 nitrogen and oxygen atoms in total. The topological polar surface area (TPSA) is 54.3 Å². The van der Waals surface area contributed by atoms with Crippen molar-refractivity contribution in [2.75, 3.05) is 13.1 Å². The molecule has 1 rings (SSSR count).